The third-order valence-electron chi connectivity index (χ3n) is 5.32. The SMILES string of the molecule is C#Cc1ccc(OC(C)C)c(C)c1.Cc1cc(C#C[Si](C)(C)C)ccc1OC(C)C.Cc1cc(I)ccc1OC(C)C. The van der Waals surface area contributed by atoms with E-state index in [1.807, 2.05) is 84.9 Å². The number of terminal acetylenes is 1. The number of hydrogen-bond acceptors (Lipinski definition) is 3. The van der Waals surface area contributed by atoms with Crippen LogP contribution in [-0.4, -0.2) is 26.4 Å². The van der Waals surface area contributed by atoms with Crippen molar-refractivity contribution in [1.82, 2.24) is 0 Å². The van der Waals surface area contributed by atoms with Crippen LogP contribution in [0.2, 0.25) is 19.6 Å². The fourth-order valence-corrected chi connectivity index (χ4v) is 4.66. The fraction of sp³-hybridized carbons (Fsp3) is 0.405. The van der Waals surface area contributed by atoms with Crippen LogP contribution in [0.3, 0.4) is 0 Å². The molecule has 3 nitrogen and oxygen atoms in total. The summed E-state index contributed by atoms with van der Waals surface area (Å²) in [6, 6.07) is 18.1. The highest BCUT2D eigenvalue weighted by molar-refractivity contribution is 14.1. The zero-order valence-corrected chi connectivity index (χ0v) is 30.8. The molecular weight excluding hydrogens is 647 g/mol. The molecule has 226 valence electrons. The molecule has 0 amide bonds. The molecule has 0 aliphatic carbocycles. The van der Waals surface area contributed by atoms with E-state index in [1.54, 1.807) is 0 Å². The van der Waals surface area contributed by atoms with E-state index < -0.39 is 8.07 Å². The molecule has 0 atom stereocenters. The average molecular weight is 697 g/mol. The lowest BCUT2D eigenvalue weighted by molar-refractivity contribution is 0.240. The minimum atomic E-state index is -1.29. The molecule has 0 aliphatic heterocycles. The molecule has 3 aromatic carbocycles. The Kier molecular flexibility index (Phi) is 15.9. The minimum absolute atomic E-state index is 0.204. The molecule has 0 aliphatic rings. The Bertz CT molecular complexity index is 1380. The number of benzene rings is 3. The van der Waals surface area contributed by atoms with Gasteiger partial charge in [0.05, 0.1) is 18.3 Å². The van der Waals surface area contributed by atoms with Crippen LogP contribution in [0.1, 0.15) is 69.4 Å². The van der Waals surface area contributed by atoms with E-state index in [4.69, 9.17) is 20.6 Å². The van der Waals surface area contributed by atoms with Crippen LogP contribution >= 0.6 is 22.6 Å². The summed E-state index contributed by atoms with van der Waals surface area (Å²) in [5.41, 5.74) is 8.80. The third-order valence-corrected chi connectivity index (χ3v) is 6.87. The van der Waals surface area contributed by atoms with Crippen molar-refractivity contribution in [3.05, 3.63) is 86.0 Å². The molecular formula is C37H49IO3Si. The molecule has 42 heavy (non-hydrogen) atoms. The smallest absolute Gasteiger partial charge is 0.129 e. The molecule has 0 aromatic heterocycles. The van der Waals surface area contributed by atoms with Gasteiger partial charge in [-0.15, -0.1) is 12.0 Å². The molecule has 0 saturated heterocycles. The highest BCUT2D eigenvalue weighted by atomic mass is 127. The summed E-state index contributed by atoms with van der Waals surface area (Å²) in [5, 5.41) is 0. The summed E-state index contributed by atoms with van der Waals surface area (Å²) in [7, 11) is -1.29. The summed E-state index contributed by atoms with van der Waals surface area (Å²) < 4.78 is 18.1. The first-order chi connectivity index (χ1) is 19.5. The van der Waals surface area contributed by atoms with E-state index in [0.29, 0.717) is 0 Å². The molecule has 0 fully saturated rings. The monoisotopic (exact) mass is 696 g/mol. The molecule has 0 N–H and O–H groups in total. The molecule has 3 aromatic rings. The Morgan fingerprint density at radius 1 is 0.619 bits per heavy atom. The Morgan fingerprint density at radius 2 is 1.00 bits per heavy atom. The number of ether oxygens (including phenoxy) is 3. The van der Waals surface area contributed by atoms with E-state index >= 15 is 0 Å². The number of rotatable bonds is 6. The first-order valence-electron chi connectivity index (χ1n) is 14.5. The van der Waals surface area contributed by atoms with Gasteiger partial charge in [-0.25, -0.2) is 0 Å². The molecule has 0 radical (unpaired) electrons. The topological polar surface area (TPSA) is 27.7 Å². The van der Waals surface area contributed by atoms with E-state index in [-0.39, 0.29) is 18.3 Å². The van der Waals surface area contributed by atoms with Crippen molar-refractivity contribution in [2.75, 3.05) is 0 Å². The van der Waals surface area contributed by atoms with E-state index in [1.165, 1.54) is 9.13 Å². The Morgan fingerprint density at radius 3 is 1.36 bits per heavy atom. The summed E-state index contributed by atoms with van der Waals surface area (Å²) >= 11 is 2.30. The van der Waals surface area contributed by atoms with Crippen molar-refractivity contribution < 1.29 is 14.2 Å². The second-order valence-corrected chi connectivity index (χ2v) is 18.0. The van der Waals surface area contributed by atoms with Crippen molar-refractivity contribution in [2.45, 2.75) is 100 Å². The second-order valence-electron chi connectivity index (χ2n) is 12.0. The molecule has 0 spiro atoms. The molecule has 0 saturated carbocycles. The van der Waals surface area contributed by atoms with Gasteiger partial charge in [0.2, 0.25) is 0 Å². The van der Waals surface area contributed by atoms with Gasteiger partial charge in [-0.2, -0.15) is 0 Å². The Labute approximate surface area is 270 Å². The van der Waals surface area contributed by atoms with Crippen LogP contribution in [-0.2, 0) is 0 Å². The van der Waals surface area contributed by atoms with Crippen LogP contribution in [0.15, 0.2) is 54.6 Å². The minimum Gasteiger partial charge on any atom is -0.491 e. The van der Waals surface area contributed by atoms with Crippen molar-refractivity contribution in [3.8, 4) is 41.1 Å². The second kappa shape index (κ2) is 17.9. The molecule has 0 heterocycles. The van der Waals surface area contributed by atoms with Crippen LogP contribution in [0.5, 0.6) is 17.2 Å². The number of aryl methyl sites for hydroxylation is 3. The van der Waals surface area contributed by atoms with Crippen LogP contribution in [0.4, 0.5) is 0 Å². The lowest BCUT2D eigenvalue weighted by Crippen LogP contribution is -2.16. The summed E-state index contributed by atoms with van der Waals surface area (Å²) in [4.78, 5) is 0. The van der Waals surface area contributed by atoms with Gasteiger partial charge in [0.1, 0.15) is 25.3 Å². The van der Waals surface area contributed by atoms with Crippen molar-refractivity contribution in [3.63, 3.8) is 0 Å². The first-order valence-corrected chi connectivity index (χ1v) is 19.1. The van der Waals surface area contributed by atoms with Crippen molar-refractivity contribution >= 4 is 30.7 Å². The molecule has 5 heteroatoms. The summed E-state index contributed by atoms with van der Waals surface area (Å²) in [6.45, 7) is 25.1. The van der Waals surface area contributed by atoms with Crippen molar-refractivity contribution in [2.24, 2.45) is 0 Å². The predicted molar refractivity (Wildman–Crippen MR) is 192 cm³/mol. The van der Waals surface area contributed by atoms with Gasteiger partial charge in [-0.1, -0.05) is 31.5 Å². The maximum atomic E-state index is 5.71. The maximum absolute atomic E-state index is 5.71. The third kappa shape index (κ3) is 15.4. The van der Waals surface area contributed by atoms with E-state index in [0.717, 1.165) is 39.5 Å². The molecule has 0 bridgehead atoms. The van der Waals surface area contributed by atoms with Gasteiger partial charge in [0, 0.05) is 14.7 Å². The van der Waals surface area contributed by atoms with Gasteiger partial charge < -0.3 is 14.2 Å². The maximum Gasteiger partial charge on any atom is 0.129 e. The van der Waals surface area contributed by atoms with Crippen LogP contribution in [0.25, 0.3) is 0 Å². The quantitative estimate of drug-likeness (QED) is 0.146. The van der Waals surface area contributed by atoms with E-state index in [9.17, 15) is 0 Å². The molecule has 3 rings (SSSR count). The Hall–Kier alpha value is -2.87. The lowest BCUT2D eigenvalue weighted by Gasteiger charge is -2.12. The van der Waals surface area contributed by atoms with Crippen LogP contribution in [0, 0.1) is 48.1 Å². The van der Waals surface area contributed by atoms with Crippen LogP contribution < -0.4 is 14.2 Å². The highest BCUT2D eigenvalue weighted by Crippen LogP contribution is 2.22. The van der Waals surface area contributed by atoms with Gasteiger partial charge in [-0.3, -0.25) is 0 Å². The van der Waals surface area contributed by atoms with Gasteiger partial charge in [0.15, 0.2) is 0 Å². The van der Waals surface area contributed by atoms with Crippen molar-refractivity contribution in [1.29, 1.82) is 0 Å². The molecule has 0 unspecified atom stereocenters. The summed E-state index contributed by atoms with van der Waals surface area (Å²) in [6.07, 6.45) is 5.95. The van der Waals surface area contributed by atoms with Gasteiger partial charge >= 0.3 is 0 Å². The standard InChI is InChI=1S/C15H22OSi.C12H14O.C10H13IO/c1-12(2)16-15-8-7-14(11-13(15)3)9-10-17(4,5)6;1-5-11-6-7-12(10(4)8-11)13-9(2)3;1-7(2)12-10-5-4-9(11)6-8(10)3/h7-8,11-12H,1-6H3;1,6-9H,2-4H3;4-7H,1-3H3. The number of hydrogen-bond donors (Lipinski definition) is 0. The van der Waals surface area contributed by atoms with Gasteiger partial charge in [-0.05, 0) is 156 Å². The zero-order chi connectivity index (χ0) is 32.0. The highest BCUT2D eigenvalue weighted by Gasteiger charge is 2.08. The first kappa shape index (κ1) is 37.2. The Balaban J connectivity index is 0.000000321. The van der Waals surface area contributed by atoms with Gasteiger partial charge in [0.25, 0.3) is 0 Å². The normalized spacial score (nSPS) is 10.5. The fourth-order valence-electron chi connectivity index (χ4n) is 3.50. The zero-order valence-electron chi connectivity index (χ0n) is 27.6. The largest absolute Gasteiger partial charge is 0.491 e. The lowest BCUT2D eigenvalue weighted by atomic mass is 10.1. The number of halogens is 1. The average Bonchev–Trinajstić information content (AvgIpc) is 2.87. The van der Waals surface area contributed by atoms with E-state index in [2.05, 4.69) is 91.7 Å². The predicted octanol–water partition coefficient (Wildman–Crippen LogP) is 10.2. The summed E-state index contributed by atoms with van der Waals surface area (Å²) in [5.74, 6) is 8.71.